The van der Waals surface area contributed by atoms with Gasteiger partial charge in [-0.25, -0.2) is 0 Å². The summed E-state index contributed by atoms with van der Waals surface area (Å²) in [4.78, 5) is 4.60. The average Bonchev–Trinajstić information content (AvgIpc) is 3.78. The summed E-state index contributed by atoms with van der Waals surface area (Å²) in [5.41, 5.74) is 10.2. The molecule has 0 atom stereocenters. The summed E-state index contributed by atoms with van der Waals surface area (Å²) in [5, 5.41) is 4.79. The predicted molar refractivity (Wildman–Crippen MR) is 221 cm³/mol. The van der Waals surface area contributed by atoms with Gasteiger partial charge in [-0.2, -0.15) is 0 Å². The quantitative estimate of drug-likeness (QED) is 0.179. The molecule has 0 aliphatic carbocycles. The molecule has 0 radical (unpaired) electrons. The number of thiophene rings is 1. The number of hydrogen-bond donors (Lipinski definition) is 0. The lowest BCUT2D eigenvalue weighted by Gasteiger charge is -2.34. The van der Waals surface area contributed by atoms with E-state index < -0.39 is 0 Å². The van der Waals surface area contributed by atoms with Crippen molar-refractivity contribution in [3.63, 3.8) is 0 Å². The highest BCUT2D eigenvalue weighted by molar-refractivity contribution is 7.25. The van der Waals surface area contributed by atoms with Crippen molar-refractivity contribution in [2.45, 2.75) is 0 Å². The first-order valence-electron chi connectivity index (χ1n) is 17.7. The van der Waals surface area contributed by atoms with Crippen molar-refractivity contribution in [3.8, 4) is 22.6 Å². The van der Waals surface area contributed by atoms with Crippen molar-refractivity contribution in [1.82, 2.24) is 0 Å². The van der Waals surface area contributed by atoms with Crippen LogP contribution in [-0.2, 0) is 0 Å². The molecule has 0 fully saturated rings. The van der Waals surface area contributed by atoms with Crippen molar-refractivity contribution >= 4 is 87.6 Å². The van der Waals surface area contributed by atoms with Gasteiger partial charge in [0, 0.05) is 65.8 Å². The van der Waals surface area contributed by atoms with Crippen molar-refractivity contribution in [2.24, 2.45) is 0 Å². The van der Waals surface area contributed by atoms with E-state index in [1.807, 2.05) is 41.7 Å². The standard InChI is InChI=1S/C48H30N2O2S/c1-2-10-31(11-3-1)32-18-20-33(21-19-32)49(34-22-25-38-37-12-4-7-15-43(37)51-45(38)28-34)35-24-27-42-46(29-35)52-44-16-8-6-14-41(44)50(42)36-23-26-40-39-13-5-9-17-47(39)53-48(40)30-36/h1-30H. The summed E-state index contributed by atoms with van der Waals surface area (Å²) >= 11 is 1.83. The second-order valence-corrected chi connectivity index (χ2v) is 14.4. The Morgan fingerprint density at radius 1 is 0.415 bits per heavy atom. The number of para-hydroxylation sites is 3. The van der Waals surface area contributed by atoms with Gasteiger partial charge in [0.15, 0.2) is 11.5 Å². The first-order valence-corrected chi connectivity index (χ1v) is 18.6. The van der Waals surface area contributed by atoms with E-state index in [2.05, 4.69) is 161 Å². The van der Waals surface area contributed by atoms with E-state index >= 15 is 0 Å². The highest BCUT2D eigenvalue weighted by Crippen LogP contribution is 2.53. The minimum Gasteiger partial charge on any atom is -0.456 e. The van der Waals surface area contributed by atoms with Gasteiger partial charge >= 0.3 is 0 Å². The number of anilines is 6. The third kappa shape index (κ3) is 4.90. The van der Waals surface area contributed by atoms with Crippen molar-refractivity contribution < 1.29 is 9.15 Å². The van der Waals surface area contributed by atoms with Crippen LogP contribution in [0.4, 0.5) is 34.1 Å². The Morgan fingerprint density at radius 3 is 1.96 bits per heavy atom. The molecule has 8 aromatic carbocycles. The number of furan rings is 1. The van der Waals surface area contributed by atoms with E-state index in [-0.39, 0.29) is 0 Å². The molecule has 250 valence electrons. The second kappa shape index (κ2) is 11.9. The van der Waals surface area contributed by atoms with Crippen LogP contribution in [0.5, 0.6) is 11.5 Å². The third-order valence-corrected chi connectivity index (χ3v) is 11.4. The minimum absolute atomic E-state index is 0.786. The molecule has 0 saturated carbocycles. The zero-order valence-electron chi connectivity index (χ0n) is 28.4. The second-order valence-electron chi connectivity index (χ2n) is 13.4. The third-order valence-electron chi connectivity index (χ3n) is 10.2. The summed E-state index contributed by atoms with van der Waals surface area (Å²) in [6.45, 7) is 0. The fraction of sp³-hybridized carbons (Fsp3) is 0. The van der Waals surface area contributed by atoms with E-state index in [1.54, 1.807) is 0 Å². The molecule has 0 unspecified atom stereocenters. The summed E-state index contributed by atoms with van der Waals surface area (Å²) < 4.78 is 15.7. The molecule has 1 aliphatic rings. The lowest BCUT2D eigenvalue weighted by molar-refractivity contribution is 0.477. The molecule has 10 aromatic rings. The highest BCUT2D eigenvalue weighted by Gasteiger charge is 2.28. The molecule has 0 saturated heterocycles. The van der Waals surface area contributed by atoms with Crippen LogP contribution in [0.1, 0.15) is 0 Å². The fourth-order valence-corrected chi connectivity index (χ4v) is 8.89. The van der Waals surface area contributed by atoms with E-state index in [0.717, 1.165) is 67.6 Å². The highest BCUT2D eigenvalue weighted by atomic mass is 32.1. The van der Waals surface area contributed by atoms with Gasteiger partial charge in [0.05, 0.1) is 11.4 Å². The van der Waals surface area contributed by atoms with Crippen LogP contribution in [-0.4, -0.2) is 0 Å². The van der Waals surface area contributed by atoms with Gasteiger partial charge in [-0.3, -0.25) is 0 Å². The summed E-state index contributed by atoms with van der Waals surface area (Å²) in [6.07, 6.45) is 0. The molecular weight excluding hydrogens is 669 g/mol. The number of ether oxygens (including phenoxy) is 1. The largest absolute Gasteiger partial charge is 0.456 e. The van der Waals surface area contributed by atoms with Gasteiger partial charge < -0.3 is 19.0 Å². The fourth-order valence-electron chi connectivity index (χ4n) is 7.75. The Morgan fingerprint density at radius 2 is 1.06 bits per heavy atom. The molecule has 0 bridgehead atoms. The van der Waals surface area contributed by atoms with E-state index in [1.165, 1.54) is 31.3 Å². The monoisotopic (exact) mass is 698 g/mol. The van der Waals surface area contributed by atoms with Crippen LogP contribution >= 0.6 is 11.3 Å². The van der Waals surface area contributed by atoms with Gasteiger partial charge in [-0.1, -0.05) is 97.1 Å². The molecule has 0 spiro atoms. The van der Waals surface area contributed by atoms with Gasteiger partial charge in [0.1, 0.15) is 11.2 Å². The Labute approximate surface area is 310 Å². The average molecular weight is 699 g/mol. The van der Waals surface area contributed by atoms with Crippen LogP contribution in [0.3, 0.4) is 0 Å². The van der Waals surface area contributed by atoms with Crippen LogP contribution in [0.25, 0.3) is 53.2 Å². The molecule has 1 aliphatic heterocycles. The van der Waals surface area contributed by atoms with E-state index in [9.17, 15) is 0 Å². The molecule has 0 amide bonds. The zero-order valence-corrected chi connectivity index (χ0v) is 29.3. The Bertz CT molecular complexity index is 3000. The molecule has 5 heteroatoms. The number of hydrogen-bond acceptors (Lipinski definition) is 5. The van der Waals surface area contributed by atoms with Crippen LogP contribution in [0, 0.1) is 0 Å². The molecule has 4 nitrogen and oxygen atoms in total. The van der Waals surface area contributed by atoms with Crippen molar-refractivity contribution in [1.29, 1.82) is 0 Å². The summed E-state index contributed by atoms with van der Waals surface area (Å²) in [6, 6.07) is 64.2. The smallest absolute Gasteiger partial charge is 0.153 e. The Balaban J connectivity index is 1.06. The first kappa shape index (κ1) is 29.9. The van der Waals surface area contributed by atoms with E-state index in [4.69, 9.17) is 9.15 Å². The molecule has 3 heterocycles. The maximum atomic E-state index is 6.73. The van der Waals surface area contributed by atoms with Gasteiger partial charge in [0.2, 0.25) is 0 Å². The van der Waals surface area contributed by atoms with E-state index in [0.29, 0.717) is 0 Å². The molecular formula is C48H30N2O2S. The maximum absolute atomic E-state index is 6.73. The number of fused-ring (bicyclic) bond motifs is 8. The number of benzene rings is 8. The van der Waals surface area contributed by atoms with Crippen LogP contribution in [0.2, 0.25) is 0 Å². The maximum Gasteiger partial charge on any atom is 0.153 e. The van der Waals surface area contributed by atoms with Crippen LogP contribution < -0.4 is 14.5 Å². The van der Waals surface area contributed by atoms with Gasteiger partial charge in [-0.05, 0) is 83.9 Å². The lowest BCUT2D eigenvalue weighted by Crippen LogP contribution is -2.16. The molecule has 53 heavy (non-hydrogen) atoms. The summed E-state index contributed by atoms with van der Waals surface area (Å²) in [5.74, 6) is 1.60. The Kier molecular flexibility index (Phi) is 6.69. The number of rotatable bonds is 5. The SMILES string of the molecule is c1ccc(-c2ccc(N(c3ccc4c(c3)Oc3ccccc3N4c3ccc4c(c3)sc3ccccc34)c3ccc4c(c3)oc3ccccc34)cc2)cc1. The minimum atomic E-state index is 0.786. The van der Waals surface area contributed by atoms with Gasteiger partial charge in [-0.15, -0.1) is 11.3 Å². The lowest BCUT2D eigenvalue weighted by atomic mass is 10.0. The van der Waals surface area contributed by atoms with Crippen molar-refractivity contribution in [3.05, 3.63) is 182 Å². The topological polar surface area (TPSA) is 28.9 Å². The van der Waals surface area contributed by atoms with Crippen LogP contribution in [0.15, 0.2) is 186 Å². The normalized spacial score (nSPS) is 12.3. The number of nitrogens with zero attached hydrogens (tertiary/aromatic N) is 2. The zero-order chi connectivity index (χ0) is 34.9. The molecule has 11 rings (SSSR count). The predicted octanol–water partition coefficient (Wildman–Crippen LogP) is 14.7. The Hall–Kier alpha value is -6.82. The van der Waals surface area contributed by atoms with Gasteiger partial charge in [0.25, 0.3) is 0 Å². The summed E-state index contributed by atoms with van der Waals surface area (Å²) in [7, 11) is 0. The first-order chi connectivity index (χ1) is 26.2. The molecule has 0 N–H and O–H groups in total. The van der Waals surface area contributed by atoms with Crippen molar-refractivity contribution in [2.75, 3.05) is 9.80 Å². The molecule has 2 aromatic heterocycles.